The van der Waals surface area contributed by atoms with E-state index in [0.29, 0.717) is 13.1 Å². The first-order valence-corrected chi connectivity index (χ1v) is 8.52. The molecule has 0 bridgehead atoms. The van der Waals surface area contributed by atoms with Gasteiger partial charge in [0.1, 0.15) is 6.61 Å². The number of rotatable bonds is 6. The Morgan fingerprint density at radius 3 is 2.30 bits per heavy atom. The highest BCUT2D eigenvalue weighted by Gasteiger charge is 2.04. The second kappa shape index (κ2) is 12.9. The van der Waals surface area contributed by atoms with Gasteiger partial charge in [-0.15, -0.1) is 0 Å². The predicted molar refractivity (Wildman–Crippen MR) is 100 cm³/mol. The minimum atomic E-state index is 0.393. The minimum absolute atomic E-state index is 0.393. The van der Waals surface area contributed by atoms with E-state index in [-0.39, 0.29) is 0 Å². The average Bonchev–Trinajstić information content (AvgIpc) is 2.48. The highest BCUT2D eigenvalue weighted by atomic mass is 16.5. The number of ether oxygens (including phenoxy) is 1. The lowest BCUT2D eigenvalue weighted by molar-refractivity contribution is -0.127. The molecule has 1 aliphatic carbocycles. The third-order valence-electron chi connectivity index (χ3n) is 3.91. The highest BCUT2D eigenvalue weighted by Crippen LogP contribution is 2.24. The summed E-state index contributed by atoms with van der Waals surface area (Å²) in [6.07, 6.45) is 12.4. The standard InChI is InChI=1S/C11H18O2.C10H16/c1-10(2)5-4-6-11(3)7-8-13-9-12;1-8(2)10-6-4-9(3)5-7-10/h5,7,9H,4,6,8H2,1-3H3;4H,5-7H2,1-3H3/b11-7+;. The van der Waals surface area contributed by atoms with Crippen LogP contribution in [0, 0.1) is 0 Å². The van der Waals surface area contributed by atoms with Gasteiger partial charge >= 0.3 is 0 Å². The van der Waals surface area contributed by atoms with Crippen molar-refractivity contribution < 1.29 is 9.53 Å². The third kappa shape index (κ3) is 12.6. The van der Waals surface area contributed by atoms with Crippen molar-refractivity contribution >= 4 is 6.47 Å². The van der Waals surface area contributed by atoms with Crippen LogP contribution in [0.4, 0.5) is 0 Å². The van der Waals surface area contributed by atoms with Crippen LogP contribution in [0.5, 0.6) is 0 Å². The van der Waals surface area contributed by atoms with Crippen molar-refractivity contribution in [3.8, 4) is 0 Å². The zero-order chi connectivity index (χ0) is 17.7. The fourth-order valence-electron chi connectivity index (χ4n) is 2.22. The number of carbonyl (C=O) groups is 1. The van der Waals surface area contributed by atoms with Gasteiger partial charge in [0, 0.05) is 0 Å². The summed E-state index contributed by atoms with van der Waals surface area (Å²) in [5.74, 6) is 0. The Labute approximate surface area is 143 Å². The molecule has 0 saturated carbocycles. The first-order valence-electron chi connectivity index (χ1n) is 8.52. The number of carbonyl (C=O) groups excluding carboxylic acids is 1. The van der Waals surface area contributed by atoms with E-state index < -0.39 is 0 Å². The smallest absolute Gasteiger partial charge is 0.293 e. The van der Waals surface area contributed by atoms with Crippen LogP contribution in [0.1, 0.15) is 73.6 Å². The van der Waals surface area contributed by atoms with Gasteiger partial charge < -0.3 is 4.74 Å². The second-order valence-electron chi connectivity index (χ2n) is 6.66. The monoisotopic (exact) mass is 318 g/mol. The van der Waals surface area contributed by atoms with E-state index in [1.54, 1.807) is 11.1 Å². The van der Waals surface area contributed by atoms with E-state index in [1.807, 2.05) is 13.0 Å². The van der Waals surface area contributed by atoms with Crippen LogP contribution in [0.15, 0.2) is 46.1 Å². The molecule has 0 spiro atoms. The van der Waals surface area contributed by atoms with Crippen LogP contribution in [0.25, 0.3) is 0 Å². The largest absolute Gasteiger partial charge is 0.464 e. The van der Waals surface area contributed by atoms with Gasteiger partial charge in [0.25, 0.3) is 6.47 Å². The lowest BCUT2D eigenvalue weighted by Gasteiger charge is -2.13. The fraction of sp³-hybridized carbons (Fsp3) is 0.571. The maximum absolute atomic E-state index is 9.83. The first kappa shape index (κ1) is 21.4. The third-order valence-corrected chi connectivity index (χ3v) is 3.91. The molecule has 130 valence electrons. The molecule has 0 aromatic carbocycles. The van der Waals surface area contributed by atoms with Crippen LogP contribution in [0.3, 0.4) is 0 Å². The zero-order valence-electron chi connectivity index (χ0n) is 15.9. The summed E-state index contributed by atoms with van der Waals surface area (Å²) in [5.41, 5.74) is 7.33. The summed E-state index contributed by atoms with van der Waals surface area (Å²) >= 11 is 0. The van der Waals surface area contributed by atoms with Crippen LogP contribution < -0.4 is 0 Å². The molecule has 2 heteroatoms. The van der Waals surface area contributed by atoms with E-state index in [2.05, 4.69) is 51.5 Å². The minimum Gasteiger partial charge on any atom is -0.464 e. The van der Waals surface area contributed by atoms with Crippen molar-refractivity contribution in [3.63, 3.8) is 0 Å². The normalized spacial score (nSPS) is 14.3. The summed E-state index contributed by atoms with van der Waals surface area (Å²) in [6, 6.07) is 0. The number of allylic oxidation sites excluding steroid dienone is 7. The number of hydrogen-bond donors (Lipinski definition) is 0. The topological polar surface area (TPSA) is 26.3 Å². The van der Waals surface area contributed by atoms with Crippen molar-refractivity contribution in [1.29, 1.82) is 0 Å². The molecule has 2 nitrogen and oxygen atoms in total. The molecule has 0 atom stereocenters. The van der Waals surface area contributed by atoms with E-state index in [4.69, 9.17) is 0 Å². The number of hydrogen-bond acceptors (Lipinski definition) is 2. The maximum Gasteiger partial charge on any atom is 0.293 e. The molecule has 0 amide bonds. The van der Waals surface area contributed by atoms with Gasteiger partial charge in [0.2, 0.25) is 0 Å². The van der Waals surface area contributed by atoms with Crippen molar-refractivity contribution in [2.24, 2.45) is 0 Å². The molecule has 23 heavy (non-hydrogen) atoms. The second-order valence-corrected chi connectivity index (χ2v) is 6.66. The molecule has 0 heterocycles. The lowest BCUT2D eigenvalue weighted by atomic mass is 9.93. The lowest BCUT2D eigenvalue weighted by Crippen LogP contribution is -1.93. The summed E-state index contributed by atoms with van der Waals surface area (Å²) in [4.78, 5) is 9.83. The quantitative estimate of drug-likeness (QED) is 0.326. The first-order chi connectivity index (χ1) is 10.9. The SMILES string of the molecule is CC(C)=CCC/C(C)=C/COC=O.CC1=CCC(=C(C)C)CC1. The Hall–Kier alpha value is -1.57. The fourth-order valence-corrected chi connectivity index (χ4v) is 2.22. The van der Waals surface area contributed by atoms with Crippen molar-refractivity contribution in [2.45, 2.75) is 73.6 Å². The molecule has 0 aliphatic heterocycles. The van der Waals surface area contributed by atoms with Crippen LogP contribution in [-0.4, -0.2) is 13.1 Å². The van der Waals surface area contributed by atoms with Gasteiger partial charge in [-0.1, -0.05) is 40.0 Å². The average molecular weight is 319 g/mol. The predicted octanol–water partition coefficient (Wildman–Crippen LogP) is 6.31. The zero-order valence-corrected chi connectivity index (χ0v) is 15.9. The Balaban J connectivity index is 0.000000433. The molecule has 1 rings (SSSR count). The summed E-state index contributed by atoms with van der Waals surface area (Å²) in [6.45, 7) is 13.7. The van der Waals surface area contributed by atoms with Crippen molar-refractivity contribution in [3.05, 3.63) is 46.1 Å². The molecule has 0 saturated heterocycles. The van der Waals surface area contributed by atoms with Gasteiger partial charge in [-0.25, -0.2) is 0 Å². The Kier molecular flexibility index (Phi) is 12.0. The highest BCUT2D eigenvalue weighted by molar-refractivity contribution is 5.37. The molecular formula is C21H34O2. The molecule has 0 unspecified atom stereocenters. The molecule has 0 fully saturated rings. The molecular weight excluding hydrogens is 284 g/mol. The Morgan fingerprint density at radius 2 is 1.83 bits per heavy atom. The summed E-state index contributed by atoms with van der Waals surface area (Å²) in [5, 5.41) is 0. The van der Waals surface area contributed by atoms with E-state index in [9.17, 15) is 4.79 Å². The summed E-state index contributed by atoms with van der Waals surface area (Å²) < 4.78 is 4.56. The molecule has 0 radical (unpaired) electrons. The molecule has 0 N–H and O–H groups in total. The van der Waals surface area contributed by atoms with E-state index in [0.717, 1.165) is 12.8 Å². The Bertz CT molecular complexity index is 468. The van der Waals surface area contributed by atoms with Crippen molar-refractivity contribution in [1.82, 2.24) is 0 Å². The molecule has 0 aromatic rings. The van der Waals surface area contributed by atoms with Gasteiger partial charge in [0.15, 0.2) is 0 Å². The van der Waals surface area contributed by atoms with Gasteiger partial charge in [-0.3, -0.25) is 4.79 Å². The van der Waals surface area contributed by atoms with Crippen LogP contribution in [-0.2, 0) is 9.53 Å². The van der Waals surface area contributed by atoms with Gasteiger partial charge in [0.05, 0.1) is 0 Å². The molecule has 0 aromatic heterocycles. The Morgan fingerprint density at radius 1 is 1.13 bits per heavy atom. The van der Waals surface area contributed by atoms with E-state index in [1.165, 1.54) is 36.0 Å². The maximum atomic E-state index is 9.83. The van der Waals surface area contributed by atoms with Gasteiger partial charge in [-0.2, -0.15) is 0 Å². The van der Waals surface area contributed by atoms with E-state index >= 15 is 0 Å². The van der Waals surface area contributed by atoms with Crippen molar-refractivity contribution in [2.75, 3.05) is 6.61 Å². The van der Waals surface area contributed by atoms with Crippen LogP contribution >= 0.6 is 0 Å². The molecule has 1 aliphatic rings. The van der Waals surface area contributed by atoms with Crippen LogP contribution in [0.2, 0.25) is 0 Å². The summed E-state index contributed by atoms with van der Waals surface area (Å²) in [7, 11) is 0. The van der Waals surface area contributed by atoms with Gasteiger partial charge in [-0.05, 0) is 79.7 Å².